The lowest BCUT2D eigenvalue weighted by Gasteiger charge is -2.10. The molecule has 2 aromatic carbocycles. The summed E-state index contributed by atoms with van der Waals surface area (Å²) in [6, 6.07) is 13.3. The Morgan fingerprint density at radius 3 is 2.23 bits per heavy atom. The van der Waals surface area contributed by atoms with Crippen LogP contribution < -0.4 is 10.1 Å². The fourth-order valence-corrected chi connectivity index (χ4v) is 3.62. The largest absolute Gasteiger partial charge is 0.497 e. The molecule has 0 bridgehead atoms. The first kappa shape index (κ1) is 23.2. The van der Waals surface area contributed by atoms with Crippen LogP contribution in [0.4, 0.5) is 0 Å². The van der Waals surface area contributed by atoms with Crippen molar-refractivity contribution in [3.05, 3.63) is 65.2 Å². The van der Waals surface area contributed by atoms with E-state index in [1.165, 1.54) is 18.2 Å². The number of methoxy groups -OCH3 is 1. The van der Waals surface area contributed by atoms with Crippen LogP contribution in [0.1, 0.15) is 24.5 Å². The molecule has 1 N–H and O–H groups in total. The summed E-state index contributed by atoms with van der Waals surface area (Å²) in [6.07, 6.45) is 1.22. The number of esters is 1. The van der Waals surface area contributed by atoms with Gasteiger partial charge in [-0.1, -0.05) is 29.8 Å². The van der Waals surface area contributed by atoms with Crippen molar-refractivity contribution >= 4 is 27.8 Å². The van der Waals surface area contributed by atoms with Gasteiger partial charge in [0.05, 0.1) is 25.0 Å². The molecule has 0 aliphatic carbocycles. The molecule has 1 amide bonds. The Hall–Kier alpha value is -3.13. The van der Waals surface area contributed by atoms with E-state index in [1.54, 1.807) is 50.4 Å². The Morgan fingerprint density at radius 1 is 1.03 bits per heavy atom. The molecule has 0 saturated heterocycles. The van der Waals surface area contributed by atoms with Crippen molar-refractivity contribution in [2.24, 2.45) is 0 Å². The van der Waals surface area contributed by atoms with Crippen molar-refractivity contribution in [1.29, 1.82) is 0 Å². The summed E-state index contributed by atoms with van der Waals surface area (Å²) >= 11 is 0. The first-order chi connectivity index (χ1) is 14.2. The number of sulfone groups is 1. The van der Waals surface area contributed by atoms with Gasteiger partial charge in [0.15, 0.2) is 9.84 Å². The second-order valence-corrected chi connectivity index (χ2v) is 8.50. The number of hydrogen-bond acceptors (Lipinski definition) is 6. The van der Waals surface area contributed by atoms with Crippen LogP contribution in [-0.2, 0) is 24.2 Å². The van der Waals surface area contributed by atoms with Gasteiger partial charge in [-0.05, 0) is 49.8 Å². The highest BCUT2D eigenvalue weighted by Gasteiger charge is 2.19. The molecule has 30 heavy (non-hydrogen) atoms. The lowest BCUT2D eigenvalue weighted by atomic mass is 10.1. The Labute approximate surface area is 176 Å². The van der Waals surface area contributed by atoms with E-state index in [2.05, 4.69) is 5.32 Å². The highest BCUT2D eigenvalue weighted by molar-refractivity contribution is 7.91. The van der Waals surface area contributed by atoms with Crippen molar-refractivity contribution in [2.45, 2.75) is 25.2 Å². The average Bonchev–Trinajstić information content (AvgIpc) is 2.73. The highest BCUT2D eigenvalue weighted by Crippen LogP contribution is 2.17. The average molecular weight is 432 g/mol. The maximum absolute atomic E-state index is 12.4. The third kappa shape index (κ3) is 6.73. The van der Waals surface area contributed by atoms with E-state index >= 15 is 0 Å². The number of nitrogens with one attached hydrogen (secondary N) is 1. The van der Waals surface area contributed by atoms with Crippen LogP contribution in [0.3, 0.4) is 0 Å². The SMILES string of the molecule is CCOC(=O)/C(=C/c1ccc(OC)cc1)CC(=O)NCS(=O)(=O)c1ccc(C)cc1. The third-order valence-electron chi connectivity index (χ3n) is 4.18. The molecule has 8 heteroatoms. The number of rotatable bonds is 9. The zero-order chi connectivity index (χ0) is 22.1. The summed E-state index contributed by atoms with van der Waals surface area (Å²) < 4.78 is 34.9. The van der Waals surface area contributed by atoms with Crippen molar-refractivity contribution in [1.82, 2.24) is 5.32 Å². The summed E-state index contributed by atoms with van der Waals surface area (Å²) in [4.78, 5) is 24.7. The molecule has 0 fully saturated rings. The molecule has 7 nitrogen and oxygen atoms in total. The molecular formula is C22H25NO6S. The Kier molecular flexibility index (Phi) is 8.17. The van der Waals surface area contributed by atoms with Crippen LogP contribution in [0.5, 0.6) is 5.75 Å². The van der Waals surface area contributed by atoms with E-state index in [0.717, 1.165) is 5.56 Å². The van der Waals surface area contributed by atoms with E-state index in [1.807, 2.05) is 6.92 Å². The van der Waals surface area contributed by atoms with E-state index in [9.17, 15) is 18.0 Å². The third-order valence-corrected chi connectivity index (χ3v) is 5.70. The maximum atomic E-state index is 12.4. The Bertz CT molecular complexity index is 1010. The molecule has 0 aromatic heterocycles. The molecule has 0 aliphatic heterocycles. The monoisotopic (exact) mass is 431 g/mol. The van der Waals surface area contributed by atoms with Crippen LogP contribution in [0.15, 0.2) is 59.0 Å². The number of benzene rings is 2. The molecule has 0 aliphatic rings. The molecule has 2 aromatic rings. The van der Waals surface area contributed by atoms with Crippen molar-refractivity contribution in [2.75, 3.05) is 19.6 Å². The van der Waals surface area contributed by atoms with E-state index in [0.29, 0.717) is 11.3 Å². The van der Waals surface area contributed by atoms with Crippen LogP contribution in [0, 0.1) is 6.92 Å². The zero-order valence-electron chi connectivity index (χ0n) is 17.2. The summed E-state index contributed by atoms with van der Waals surface area (Å²) in [5, 5.41) is 2.37. The summed E-state index contributed by atoms with van der Waals surface area (Å²) in [7, 11) is -2.14. The van der Waals surface area contributed by atoms with Crippen molar-refractivity contribution in [3.63, 3.8) is 0 Å². The van der Waals surface area contributed by atoms with Gasteiger partial charge >= 0.3 is 5.97 Å². The number of carbonyl (C=O) groups is 2. The van der Waals surface area contributed by atoms with Crippen LogP contribution in [-0.4, -0.2) is 39.9 Å². The van der Waals surface area contributed by atoms with Crippen LogP contribution >= 0.6 is 0 Å². The van der Waals surface area contributed by atoms with E-state index in [-0.39, 0.29) is 23.5 Å². The molecule has 2 rings (SSSR count). The number of carbonyl (C=O) groups excluding carboxylic acids is 2. The zero-order valence-corrected chi connectivity index (χ0v) is 18.0. The molecule has 0 unspecified atom stereocenters. The summed E-state index contributed by atoms with van der Waals surface area (Å²) in [5.41, 5.74) is 1.73. The van der Waals surface area contributed by atoms with E-state index in [4.69, 9.17) is 9.47 Å². The minimum atomic E-state index is -3.69. The normalized spacial score (nSPS) is 11.6. The van der Waals surface area contributed by atoms with Gasteiger partial charge in [-0.25, -0.2) is 13.2 Å². The standard InChI is InChI=1S/C22H25NO6S/c1-4-29-22(25)18(13-17-7-9-19(28-3)10-8-17)14-21(24)23-15-30(26,27)20-11-5-16(2)6-12-20/h5-13H,4,14-15H2,1-3H3,(H,23,24)/b18-13+. The molecular weight excluding hydrogens is 406 g/mol. The molecule has 0 saturated carbocycles. The quantitative estimate of drug-likeness (QED) is 0.484. The molecule has 0 spiro atoms. The van der Waals surface area contributed by atoms with Gasteiger partial charge < -0.3 is 14.8 Å². The smallest absolute Gasteiger partial charge is 0.334 e. The number of ether oxygens (including phenoxy) is 2. The number of hydrogen-bond donors (Lipinski definition) is 1. The first-order valence-electron chi connectivity index (χ1n) is 9.33. The fraction of sp³-hybridized carbons (Fsp3) is 0.273. The van der Waals surface area contributed by atoms with Gasteiger partial charge in [-0.15, -0.1) is 0 Å². The topological polar surface area (TPSA) is 98.8 Å². The summed E-state index contributed by atoms with van der Waals surface area (Å²) in [5.74, 6) is -1.14. The predicted molar refractivity (Wildman–Crippen MR) is 114 cm³/mol. The molecule has 0 radical (unpaired) electrons. The minimum Gasteiger partial charge on any atom is -0.497 e. The maximum Gasteiger partial charge on any atom is 0.334 e. The number of aryl methyl sites for hydroxylation is 1. The van der Waals surface area contributed by atoms with Gasteiger partial charge in [-0.2, -0.15) is 0 Å². The van der Waals surface area contributed by atoms with Gasteiger partial charge in [0.1, 0.15) is 11.6 Å². The fourth-order valence-electron chi connectivity index (χ4n) is 2.55. The first-order valence-corrected chi connectivity index (χ1v) is 11.0. The van der Waals surface area contributed by atoms with Gasteiger partial charge in [0.25, 0.3) is 0 Å². The Balaban J connectivity index is 2.10. The van der Waals surface area contributed by atoms with Gasteiger partial charge in [-0.3, -0.25) is 4.79 Å². The lowest BCUT2D eigenvalue weighted by molar-refractivity contribution is -0.139. The number of amides is 1. The van der Waals surface area contributed by atoms with E-state index < -0.39 is 27.6 Å². The molecule has 0 heterocycles. The van der Waals surface area contributed by atoms with Crippen molar-refractivity contribution < 1.29 is 27.5 Å². The van der Waals surface area contributed by atoms with Crippen LogP contribution in [0.25, 0.3) is 6.08 Å². The second-order valence-electron chi connectivity index (χ2n) is 6.51. The van der Waals surface area contributed by atoms with Gasteiger partial charge in [0, 0.05) is 5.57 Å². The minimum absolute atomic E-state index is 0.118. The lowest BCUT2D eigenvalue weighted by Crippen LogP contribution is -2.30. The molecule has 0 atom stereocenters. The second kappa shape index (κ2) is 10.6. The Morgan fingerprint density at radius 2 is 1.67 bits per heavy atom. The predicted octanol–water partition coefficient (Wildman–Crippen LogP) is 2.89. The van der Waals surface area contributed by atoms with Crippen molar-refractivity contribution in [3.8, 4) is 5.75 Å². The van der Waals surface area contributed by atoms with Gasteiger partial charge in [0.2, 0.25) is 5.91 Å². The van der Waals surface area contributed by atoms with Crippen LogP contribution in [0.2, 0.25) is 0 Å². The summed E-state index contributed by atoms with van der Waals surface area (Å²) in [6.45, 7) is 3.67. The molecule has 160 valence electrons. The highest BCUT2D eigenvalue weighted by atomic mass is 32.2.